The van der Waals surface area contributed by atoms with Crippen LogP contribution in [0.25, 0.3) is 0 Å². The summed E-state index contributed by atoms with van der Waals surface area (Å²) in [6.07, 6.45) is 0. The molecule has 2 heterocycles. The summed E-state index contributed by atoms with van der Waals surface area (Å²) in [5, 5.41) is 3.79. The average Bonchev–Trinajstić information content (AvgIpc) is 3.29. The molecule has 0 saturated carbocycles. The summed E-state index contributed by atoms with van der Waals surface area (Å²) in [7, 11) is 0. The van der Waals surface area contributed by atoms with Gasteiger partial charge in [0.1, 0.15) is 0 Å². The van der Waals surface area contributed by atoms with Gasteiger partial charge in [-0.05, 0) is 23.3 Å². The van der Waals surface area contributed by atoms with E-state index in [2.05, 4.69) is 51.6 Å². The second-order valence-corrected chi connectivity index (χ2v) is 9.33. The fraction of sp³-hybridized carbons (Fsp3) is 0.417. The maximum absolute atomic E-state index is 13.3. The van der Waals surface area contributed by atoms with Crippen LogP contribution in [0.1, 0.15) is 30.9 Å². The van der Waals surface area contributed by atoms with Gasteiger partial charge in [0.15, 0.2) is 5.17 Å². The molecule has 4 rings (SSSR count). The van der Waals surface area contributed by atoms with E-state index in [9.17, 15) is 4.79 Å². The van der Waals surface area contributed by atoms with Gasteiger partial charge >= 0.3 is 0 Å². The van der Waals surface area contributed by atoms with Crippen molar-refractivity contribution in [2.45, 2.75) is 19.8 Å². The smallest absolute Gasteiger partial charge is 0.232 e. The fourth-order valence-electron chi connectivity index (χ4n) is 4.17. The lowest BCUT2D eigenvalue weighted by Crippen LogP contribution is -2.43. The highest BCUT2D eigenvalue weighted by molar-refractivity contribution is 8.14. The standard InChI is InChI=1S/C24H29N3O2S/c1-24(2,22(28)26-23-25-12-17-30-23)21(18-6-4-3-5-7-18)19-8-10-20(11-9-19)27-13-15-29-16-14-27/h3-11,21H,12-17H2,1-2H3,(H,25,26,28). The number of carbonyl (C=O) groups excluding carboxylic acids is 1. The zero-order valence-electron chi connectivity index (χ0n) is 17.6. The van der Waals surface area contributed by atoms with Gasteiger partial charge in [-0.15, -0.1) is 0 Å². The van der Waals surface area contributed by atoms with E-state index in [1.165, 1.54) is 5.69 Å². The lowest BCUT2D eigenvalue weighted by atomic mass is 9.70. The Balaban J connectivity index is 1.63. The number of amides is 1. The summed E-state index contributed by atoms with van der Waals surface area (Å²) in [6.45, 7) is 8.18. The second kappa shape index (κ2) is 9.23. The molecule has 1 atom stereocenters. The van der Waals surface area contributed by atoms with Crippen molar-refractivity contribution in [1.82, 2.24) is 5.32 Å². The van der Waals surface area contributed by atoms with Crippen LogP contribution in [0.5, 0.6) is 0 Å². The number of nitrogens with one attached hydrogen (secondary N) is 1. The van der Waals surface area contributed by atoms with Gasteiger partial charge in [0, 0.05) is 30.4 Å². The summed E-state index contributed by atoms with van der Waals surface area (Å²) in [4.78, 5) is 20.0. The quantitative estimate of drug-likeness (QED) is 0.793. The molecule has 30 heavy (non-hydrogen) atoms. The first kappa shape index (κ1) is 20.9. The molecular weight excluding hydrogens is 394 g/mol. The Labute approximate surface area is 182 Å². The van der Waals surface area contributed by atoms with Crippen LogP contribution in [0.4, 0.5) is 5.69 Å². The van der Waals surface area contributed by atoms with Crippen molar-refractivity contribution < 1.29 is 9.53 Å². The monoisotopic (exact) mass is 423 g/mol. The molecule has 0 aliphatic carbocycles. The highest BCUT2D eigenvalue weighted by Crippen LogP contribution is 2.41. The van der Waals surface area contributed by atoms with Gasteiger partial charge in [0.25, 0.3) is 0 Å². The molecule has 158 valence electrons. The van der Waals surface area contributed by atoms with Crippen LogP contribution in [0, 0.1) is 5.41 Å². The Morgan fingerprint density at radius 3 is 2.37 bits per heavy atom. The number of rotatable bonds is 5. The van der Waals surface area contributed by atoms with E-state index in [0.717, 1.165) is 54.9 Å². The van der Waals surface area contributed by atoms with E-state index in [0.29, 0.717) is 0 Å². The van der Waals surface area contributed by atoms with Crippen molar-refractivity contribution in [1.29, 1.82) is 0 Å². The topological polar surface area (TPSA) is 53.9 Å². The second-order valence-electron chi connectivity index (χ2n) is 8.25. The Kier molecular flexibility index (Phi) is 6.44. The summed E-state index contributed by atoms with van der Waals surface area (Å²) in [5.74, 6) is 0.868. The van der Waals surface area contributed by atoms with Crippen LogP contribution in [0.15, 0.2) is 59.6 Å². The van der Waals surface area contributed by atoms with Gasteiger partial charge in [-0.3, -0.25) is 9.79 Å². The van der Waals surface area contributed by atoms with Crippen molar-refractivity contribution in [3.63, 3.8) is 0 Å². The molecule has 2 aromatic carbocycles. The maximum atomic E-state index is 13.3. The molecule has 0 aromatic heterocycles. The normalized spacial score (nSPS) is 18.1. The number of hydrogen-bond donors (Lipinski definition) is 1. The first-order chi connectivity index (χ1) is 14.6. The Bertz CT molecular complexity index is 890. The third-order valence-corrected chi connectivity index (χ3v) is 6.74. The molecular formula is C24H29N3O2S. The Morgan fingerprint density at radius 1 is 1.07 bits per heavy atom. The van der Waals surface area contributed by atoms with Crippen LogP contribution in [0.2, 0.25) is 0 Å². The van der Waals surface area contributed by atoms with Crippen LogP contribution in [-0.4, -0.2) is 49.7 Å². The molecule has 6 heteroatoms. The zero-order chi connectivity index (χ0) is 21.0. The number of morpholine rings is 1. The minimum Gasteiger partial charge on any atom is -0.378 e. The SMILES string of the molecule is CC(C)(C(=O)NC1=NCCS1)C(c1ccccc1)c1ccc(N2CCOCC2)cc1. The number of thioether (sulfide) groups is 1. The molecule has 1 unspecified atom stereocenters. The molecule has 2 aliphatic rings. The number of amidine groups is 1. The van der Waals surface area contributed by atoms with Gasteiger partial charge in [0.2, 0.25) is 5.91 Å². The average molecular weight is 424 g/mol. The van der Waals surface area contributed by atoms with E-state index >= 15 is 0 Å². The van der Waals surface area contributed by atoms with Crippen LogP contribution in [0.3, 0.4) is 0 Å². The fourth-order valence-corrected chi connectivity index (χ4v) is 4.89. The molecule has 2 aliphatic heterocycles. The first-order valence-electron chi connectivity index (χ1n) is 10.5. The highest BCUT2D eigenvalue weighted by Gasteiger charge is 2.39. The Hall–Kier alpha value is -2.31. The van der Waals surface area contributed by atoms with Crippen molar-refractivity contribution in [2.24, 2.45) is 10.4 Å². The molecule has 1 saturated heterocycles. The molecule has 0 radical (unpaired) electrons. The van der Waals surface area contributed by atoms with Crippen molar-refractivity contribution in [3.05, 3.63) is 65.7 Å². The van der Waals surface area contributed by atoms with Crippen molar-refractivity contribution in [2.75, 3.05) is 43.5 Å². The molecule has 2 aromatic rings. The number of aliphatic imine (C=N–C) groups is 1. The third kappa shape index (κ3) is 4.55. The number of carbonyl (C=O) groups is 1. The predicted molar refractivity (Wildman–Crippen MR) is 124 cm³/mol. The number of nitrogens with zero attached hydrogens (tertiary/aromatic N) is 2. The minimum absolute atomic E-state index is 0.00163. The number of anilines is 1. The van der Waals surface area contributed by atoms with Crippen LogP contribution < -0.4 is 10.2 Å². The van der Waals surface area contributed by atoms with E-state index in [1.807, 2.05) is 32.0 Å². The molecule has 1 fully saturated rings. The number of benzene rings is 2. The summed E-state index contributed by atoms with van der Waals surface area (Å²) < 4.78 is 5.47. The van der Waals surface area contributed by atoms with E-state index < -0.39 is 5.41 Å². The van der Waals surface area contributed by atoms with Crippen LogP contribution in [-0.2, 0) is 9.53 Å². The van der Waals surface area contributed by atoms with Gasteiger partial charge in [-0.1, -0.05) is 68.1 Å². The van der Waals surface area contributed by atoms with E-state index in [-0.39, 0.29) is 11.8 Å². The molecule has 0 spiro atoms. The van der Waals surface area contributed by atoms with Crippen LogP contribution >= 0.6 is 11.8 Å². The summed E-state index contributed by atoms with van der Waals surface area (Å²) in [5.41, 5.74) is 2.83. The minimum atomic E-state index is -0.645. The summed E-state index contributed by atoms with van der Waals surface area (Å²) >= 11 is 1.61. The van der Waals surface area contributed by atoms with Gasteiger partial charge in [-0.25, -0.2) is 0 Å². The van der Waals surface area contributed by atoms with E-state index in [4.69, 9.17) is 4.74 Å². The lowest BCUT2D eigenvalue weighted by molar-refractivity contribution is -0.128. The van der Waals surface area contributed by atoms with Crippen molar-refractivity contribution in [3.8, 4) is 0 Å². The molecule has 5 nitrogen and oxygen atoms in total. The van der Waals surface area contributed by atoms with Gasteiger partial charge in [0.05, 0.1) is 25.2 Å². The molecule has 1 amide bonds. The molecule has 1 N–H and O–H groups in total. The Morgan fingerprint density at radius 2 is 1.73 bits per heavy atom. The highest BCUT2D eigenvalue weighted by atomic mass is 32.2. The lowest BCUT2D eigenvalue weighted by Gasteiger charge is -2.34. The van der Waals surface area contributed by atoms with Crippen molar-refractivity contribution >= 4 is 28.5 Å². The maximum Gasteiger partial charge on any atom is 0.232 e. The zero-order valence-corrected chi connectivity index (χ0v) is 18.5. The number of hydrogen-bond acceptors (Lipinski definition) is 5. The van der Waals surface area contributed by atoms with E-state index in [1.54, 1.807) is 11.8 Å². The summed E-state index contributed by atoms with van der Waals surface area (Å²) in [6, 6.07) is 19.0. The third-order valence-electron chi connectivity index (χ3n) is 5.85. The predicted octanol–water partition coefficient (Wildman–Crippen LogP) is 3.90. The molecule has 0 bridgehead atoms. The van der Waals surface area contributed by atoms with Gasteiger partial charge < -0.3 is 15.0 Å². The largest absolute Gasteiger partial charge is 0.378 e. The first-order valence-corrected chi connectivity index (χ1v) is 11.5. The van der Waals surface area contributed by atoms with Gasteiger partial charge in [-0.2, -0.15) is 0 Å². The number of ether oxygens (including phenoxy) is 1.